The first-order chi connectivity index (χ1) is 13.8. The highest BCUT2D eigenvalue weighted by Gasteiger charge is 2.18. The molecule has 0 radical (unpaired) electrons. The van der Waals surface area contributed by atoms with Crippen molar-refractivity contribution in [2.24, 2.45) is 0 Å². The van der Waals surface area contributed by atoms with E-state index in [9.17, 15) is 0 Å². The summed E-state index contributed by atoms with van der Waals surface area (Å²) in [6, 6.07) is 33.4. The highest BCUT2D eigenvalue weighted by atomic mass is 15.3. The summed E-state index contributed by atoms with van der Waals surface area (Å²) in [5, 5.41) is 11.6. The molecule has 1 aromatic heterocycles. The summed E-state index contributed by atoms with van der Waals surface area (Å²) in [5.74, 6) is 1.69. The predicted octanol–water partition coefficient (Wildman–Crippen LogP) is 6.06. The molecule has 0 bridgehead atoms. The number of hydrogen-bond donors (Lipinski definition) is 0. The number of nitrogens with zero attached hydrogens (tertiary/aromatic N) is 3. The zero-order valence-electron chi connectivity index (χ0n) is 15.6. The Morgan fingerprint density at radius 2 is 1.29 bits per heavy atom. The summed E-state index contributed by atoms with van der Waals surface area (Å²) in [7, 11) is 0. The fourth-order valence-electron chi connectivity index (χ4n) is 3.59. The smallest absolute Gasteiger partial charge is 0.169 e. The van der Waals surface area contributed by atoms with Crippen LogP contribution in [0.2, 0.25) is 0 Å². The van der Waals surface area contributed by atoms with E-state index in [2.05, 4.69) is 101 Å². The van der Waals surface area contributed by atoms with E-state index in [1.165, 1.54) is 16.3 Å². The van der Waals surface area contributed by atoms with E-state index in [1.807, 2.05) is 18.2 Å². The quantitative estimate of drug-likeness (QED) is 0.391. The van der Waals surface area contributed by atoms with E-state index in [-0.39, 0.29) is 0 Å². The average Bonchev–Trinajstić information content (AvgIpc) is 3.19. The van der Waals surface area contributed by atoms with E-state index in [0.717, 1.165) is 28.5 Å². The fourth-order valence-corrected chi connectivity index (χ4v) is 3.59. The van der Waals surface area contributed by atoms with Gasteiger partial charge in [-0.2, -0.15) is 0 Å². The van der Waals surface area contributed by atoms with Gasteiger partial charge in [0.05, 0.1) is 0 Å². The van der Waals surface area contributed by atoms with Gasteiger partial charge in [0.2, 0.25) is 0 Å². The molecule has 0 N–H and O–H groups in total. The third-order valence-corrected chi connectivity index (χ3v) is 5.02. The molecule has 0 unspecified atom stereocenters. The zero-order valence-corrected chi connectivity index (χ0v) is 15.6. The summed E-state index contributed by atoms with van der Waals surface area (Å²) in [6.45, 7) is 2.09. The molecule has 0 saturated heterocycles. The van der Waals surface area contributed by atoms with E-state index >= 15 is 0 Å². The number of hydrogen-bond acceptors (Lipinski definition) is 2. The van der Waals surface area contributed by atoms with Crippen molar-refractivity contribution in [1.29, 1.82) is 0 Å². The largest absolute Gasteiger partial charge is 0.275 e. The molecule has 0 amide bonds. The minimum Gasteiger partial charge on any atom is -0.275 e. The maximum atomic E-state index is 4.62. The lowest BCUT2D eigenvalue weighted by molar-refractivity contribution is 1.07. The van der Waals surface area contributed by atoms with E-state index < -0.39 is 0 Å². The van der Waals surface area contributed by atoms with Gasteiger partial charge < -0.3 is 0 Å². The van der Waals surface area contributed by atoms with Crippen LogP contribution < -0.4 is 0 Å². The van der Waals surface area contributed by atoms with Gasteiger partial charge in [0, 0.05) is 16.8 Å². The number of fused-ring (bicyclic) bond motifs is 1. The molecular weight excluding hydrogens is 342 g/mol. The second kappa shape index (κ2) is 6.78. The van der Waals surface area contributed by atoms with Crippen LogP contribution in [0.4, 0.5) is 0 Å². The normalized spacial score (nSPS) is 11.0. The number of rotatable bonds is 3. The topological polar surface area (TPSA) is 30.7 Å². The molecule has 3 heteroatoms. The van der Waals surface area contributed by atoms with Gasteiger partial charge in [0.1, 0.15) is 0 Å². The van der Waals surface area contributed by atoms with Gasteiger partial charge in [0.25, 0.3) is 0 Å². The van der Waals surface area contributed by atoms with Crippen molar-refractivity contribution in [2.75, 3.05) is 0 Å². The van der Waals surface area contributed by atoms with Gasteiger partial charge in [0.15, 0.2) is 11.6 Å². The molecule has 0 atom stereocenters. The summed E-state index contributed by atoms with van der Waals surface area (Å²) >= 11 is 0. The Hall–Kier alpha value is -3.72. The van der Waals surface area contributed by atoms with Crippen LogP contribution in [-0.2, 0) is 0 Å². The Labute approximate surface area is 163 Å². The van der Waals surface area contributed by atoms with Crippen LogP contribution in [0, 0.1) is 6.92 Å². The minimum atomic E-state index is 0.842. The van der Waals surface area contributed by atoms with E-state index in [4.69, 9.17) is 0 Å². The van der Waals surface area contributed by atoms with Gasteiger partial charge in [-0.05, 0) is 29.8 Å². The number of para-hydroxylation sites is 1. The van der Waals surface area contributed by atoms with Crippen molar-refractivity contribution >= 4 is 10.8 Å². The van der Waals surface area contributed by atoms with Crippen LogP contribution in [0.3, 0.4) is 0 Å². The second-order valence-electron chi connectivity index (χ2n) is 6.91. The van der Waals surface area contributed by atoms with Crippen LogP contribution >= 0.6 is 0 Å². The number of aryl methyl sites for hydroxylation is 1. The Balaban J connectivity index is 1.80. The van der Waals surface area contributed by atoms with Crippen LogP contribution in [0.15, 0.2) is 97.1 Å². The average molecular weight is 361 g/mol. The van der Waals surface area contributed by atoms with Crippen LogP contribution in [0.25, 0.3) is 39.2 Å². The maximum absolute atomic E-state index is 4.62. The lowest BCUT2D eigenvalue weighted by Crippen LogP contribution is -2.00. The van der Waals surface area contributed by atoms with Gasteiger partial charge >= 0.3 is 0 Å². The molecule has 1 heterocycles. The molecule has 5 aromatic rings. The van der Waals surface area contributed by atoms with Gasteiger partial charge in [-0.1, -0.05) is 90.5 Å². The van der Waals surface area contributed by atoms with Crippen molar-refractivity contribution in [2.45, 2.75) is 6.92 Å². The Kier molecular flexibility index (Phi) is 3.99. The number of aromatic nitrogens is 3. The zero-order chi connectivity index (χ0) is 18.9. The number of benzene rings is 4. The SMILES string of the molecule is Cc1ccc(-c2nnc(-c3cccc4ccccc34)n2-c2ccccc2)cc1. The predicted molar refractivity (Wildman–Crippen MR) is 114 cm³/mol. The Morgan fingerprint density at radius 1 is 0.607 bits per heavy atom. The lowest BCUT2D eigenvalue weighted by Gasteiger charge is -2.12. The molecule has 0 spiro atoms. The molecular formula is C25H19N3. The summed E-state index contributed by atoms with van der Waals surface area (Å²) in [6.07, 6.45) is 0. The molecule has 134 valence electrons. The molecule has 0 aliphatic carbocycles. The first-order valence-electron chi connectivity index (χ1n) is 9.37. The maximum Gasteiger partial charge on any atom is 0.169 e. The van der Waals surface area contributed by atoms with Gasteiger partial charge in [-0.25, -0.2) is 0 Å². The third kappa shape index (κ3) is 2.78. The second-order valence-corrected chi connectivity index (χ2v) is 6.91. The highest BCUT2D eigenvalue weighted by molar-refractivity contribution is 5.95. The molecule has 0 saturated carbocycles. The van der Waals surface area contributed by atoms with Crippen LogP contribution in [-0.4, -0.2) is 14.8 Å². The van der Waals surface area contributed by atoms with Crippen LogP contribution in [0.1, 0.15) is 5.56 Å². The summed E-state index contributed by atoms with van der Waals surface area (Å²) in [4.78, 5) is 0. The van der Waals surface area contributed by atoms with E-state index in [1.54, 1.807) is 0 Å². The Morgan fingerprint density at radius 3 is 2.11 bits per heavy atom. The third-order valence-electron chi connectivity index (χ3n) is 5.02. The van der Waals surface area contributed by atoms with Crippen molar-refractivity contribution in [1.82, 2.24) is 14.8 Å². The van der Waals surface area contributed by atoms with Crippen molar-refractivity contribution in [3.05, 3.63) is 103 Å². The lowest BCUT2D eigenvalue weighted by atomic mass is 10.0. The monoisotopic (exact) mass is 361 g/mol. The van der Waals surface area contributed by atoms with Crippen molar-refractivity contribution in [3.8, 4) is 28.5 Å². The first kappa shape index (κ1) is 16.5. The standard InChI is InChI=1S/C25H19N3/c1-18-14-16-20(17-15-18)24-26-27-25(28(24)21-10-3-2-4-11-21)23-13-7-9-19-8-5-6-12-22(19)23/h2-17H,1H3. The van der Waals surface area contributed by atoms with Crippen molar-refractivity contribution < 1.29 is 0 Å². The molecule has 5 rings (SSSR count). The summed E-state index contributed by atoms with van der Waals surface area (Å²) < 4.78 is 2.15. The Bertz CT molecular complexity index is 1250. The molecule has 0 fully saturated rings. The van der Waals surface area contributed by atoms with Crippen molar-refractivity contribution in [3.63, 3.8) is 0 Å². The van der Waals surface area contributed by atoms with Gasteiger partial charge in [-0.15, -0.1) is 10.2 Å². The fraction of sp³-hybridized carbons (Fsp3) is 0.0400. The molecule has 4 aromatic carbocycles. The highest BCUT2D eigenvalue weighted by Crippen LogP contribution is 2.32. The molecule has 0 aliphatic heterocycles. The molecule has 0 aliphatic rings. The molecule has 28 heavy (non-hydrogen) atoms. The summed E-state index contributed by atoms with van der Waals surface area (Å²) in [5.41, 5.74) is 4.40. The first-order valence-corrected chi connectivity index (χ1v) is 9.37. The molecule has 3 nitrogen and oxygen atoms in total. The minimum absolute atomic E-state index is 0.842. The van der Waals surface area contributed by atoms with E-state index in [0.29, 0.717) is 0 Å². The van der Waals surface area contributed by atoms with Crippen LogP contribution in [0.5, 0.6) is 0 Å². The van der Waals surface area contributed by atoms with Gasteiger partial charge in [-0.3, -0.25) is 4.57 Å².